The van der Waals surface area contributed by atoms with Crippen LogP contribution in [0.4, 0.5) is 17.1 Å². The molecular formula is C54H36N2O. The Hall–Kier alpha value is -7.62. The molecule has 3 nitrogen and oxygen atoms in total. The van der Waals surface area contributed by atoms with Gasteiger partial charge in [-0.1, -0.05) is 152 Å². The minimum atomic E-state index is 0.858. The predicted octanol–water partition coefficient (Wildman–Crippen LogP) is 15.2. The Labute approximate surface area is 330 Å². The summed E-state index contributed by atoms with van der Waals surface area (Å²) in [4.78, 5) is 2.40. The van der Waals surface area contributed by atoms with E-state index in [1.54, 1.807) is 0 Å². The lowest BCUT2D eigenvalue weighted by atomic mass is 9.96. The van der Waals surface area contributed by atoms with Crippen LogP contribution in [-0.2, 0) is 0 Å². The minimum absolute atomic E-state index is 0.858. The van der Waals surface area contributed by atoms with Gasteiger partial charge >= 0.3 is 0 Å². The van der Waals surface area contributed by atoms with Gasteiger partial charge in [0.1, 0.15) is 11.2 Å². The zero-order chi connectivity index (χ0) is 37.7. The molecule has 0 unspecified atom stereocenters. The average Bonchev–Trinajstić information content (AvgIpc) is 3.85. The second kappa shape index (κ2) is 13.6. The quantitative estimate of drug-likeness (QED) is 0.163. The van der Waals surface area contributed by atoms with E-state index in [2.05, 4.69) is 228 Å². The summed E-state index contributed by atoms with van der Waals surface area (Å²) in [5.41, 5.74) is 15.2. The molecule has 0 atom stereocenters. The number of hydrogen-bond donors (Lipinski definition) is 0. The first-order valence-electron chi connectivity index (χ1n) is 19.4. The van der Waals surface area contributed by atoms with E-state index >= 15 is 0 Å². The molecule has 3 heteroatoms. The number of furan rings is 1. The van der Waals surface area contributed by atoms with Crippen molar-refractivity contribution in [2.75, 3.05) is 4.90 Å². The van der Waals surface area contributed by atoms with E-state index in [-0.39, 0.29) is 0 Å². The van der Waals surface area contributed by atoms with Gasteiger partial charge < -0.3 is 13.9 Å². The fourth-order valence-corrected chi connectivity index (χ4v) is 8.65. The molecule has 0 fully saturated rings. The lowest BCUT2D eigenvalue weighted by molar-refractivity contribution is 0.670. The summed E-state index contributed by atoms with van der Waals surface area (Å²) in [6.45, 7) is 0. The molecule has 57 heavy (non-hydrogen) atoms. The Morgan fingerprint density at radius 1 is 0.368 bits per heavy atom. The third-order valence-electron chi connectivity index (χ3n) is 11.2. The lowest BCUT2D eigenvalue weighted by Gasteiger charge is -2.27. The molecule has 0 saturated carbocycles. The summed E-state index contributed by atoms with van der Waals surface area (Å²) in [5, 5.41) is 4.56. The lowest BCUT2D eigenvalue weighted by Crippen LogP contribution is -2.10. The van der Waals surface area contributed by atoms with Crippen LogP contribution in [-0.4, -0.2) is 4.57 Å². The first-order valence-corrected chi connectivity index (χ1v) is 19.4. The molecule has 0 spiro atoms. The Balaban J connectivity index is 1.19. The van der Waals surface area contributed by atoms with Crippen LogP contribution in [0.25, 0.3) is 82.8 Å². The summed E-state index contributed by atoms with van der Waals surface area (Å²) in [7, 11) is 0. The van der Waals surface area contributed by atoms with Crippen molar-refractivity contribution in [3.63, 3.8) is 0 Å². The number of fused-ring (bicyclic) bond motifs is 6. The maximum Gasteiger partial charge on any atom is 0.145 e. The molecule has 0 N–H and O–H groups in total. The van der Waals surface area contributed by atoms with Crippen LogP contribution in [0.5, 0.6) is 0 Å². The van der Waals surface area contributed by atoms with E-state index in [0.717, 1.165) is 72.5 Å². The van der Waals surface area contributed by atoms with Gasteiger partial charge in [0, 0.05) is 38.8 Å². The highest BCUT2D eigenvalue weighted by molar-refractivity contribution is 6.22. The molecule has 11 aromatic rings. The van der Waals surface area contributed by atoms with Crippen LogP contribution in [0, 0.1) is 0 Å². The van der Waals surface area contributed by atoms with E-state index in [4.69, 9.17) is 4.42 Å². The molecule has 2 aromatic heterocycles. The fourth-order valence-electron chi connectivity index (χ4n) is 8.65. The highest BCUT2D eigenvalue weighted by Crippen LogP contribution is 2.49. The Morgan fingerprint density at radius 3 is 1.60 bits per heavy atom. The third-order valence-corrected chi connectivity index (χ3v) is 11.2. The summed E-state index contributed by atoms with van der Waals surface area (Å²) < 4.78 is 9.38. The van der Waals surface area contributed by atoms with E-state index in [9.17, 15) is 0 Å². The number of rotatable bonds is 7. The smallest absolute Gasteiger partial charge is 0.145 e. The van der Waals surface area contributed by atoms with E-state index in [0.29, 0.717) is 0 Å². The average molecular weight is 729 g/mol. The van der Waals surface area contributed by atoms with Gasteiger partial charge in [0.25, 0.3) is 0 Å². The summed E-state index contributed by atoms with van der Waals surface area (Å²) in [5.74, 6) is 0. The highest BCUT2D eigenvalue weighted by Gasteiger charge is 2.24. The number of hydrogen-bond acceptors (Lipinski definition) is 2. The van der Waals surface area contributed by atoms with Crippen molar-refractivity contribution in [3.05, 3.63) is 218 Å². The van der Waals surface area contributed by atoms with Crippen molar-refractivity contribution in [2.45, 2.75) is 0 Å². The Bertz CT molecular complexity index is 3150. The van der Waals surface area contributed by atoms with Gasteiger partial charge in [-0.05, 0) is 94.5 Å². The van der Waals surface area contributed by atoms with Crippen LogP contribution in [0.2, 0.25) is 0 Å². The maximum atomic E-state index is 7.01. The molecule has 0 amide bonds. The van der Waals surface area contributed by atoms with Crippen molar-refractivity contribution in [3.8, 4) is 39.1 Å². The second-order valence-corrected chi connectivity index (χ2v) is 14.5. The zero-order valence-electron chi connectivity index (χ0n) is 31.1. The topological polar surface area (TPSA) is 21.3 Å². The molecule has 268 valence electrons. The number of para-hydroxylation sites is 3. The second-order valence-electron chi connectivity index (χ2n) is 14.5. The largest absolute Gasteiger partial charge is 0.455 e. The summed E-state index contributed by atoms with van der Waals surface area (Å²) >= 11 is 0. The molecule has 0 aliphatic carbocycles. The van der Waals surface area contributed by atoms with Gasteiger partial charge in [-0.2, -0.15) is 0 Å². The molecular weight excluding hydrogens is 693 g/mol. The highest BCUT2D eigenvalue weighted by atomic mass is 16.3. The third kappa shape index (κ3) is 5.51. The van der Waals surface area contributed by atoms with Gasteiger partial charge in [-0.15, -0.1) is 0 Å². The van der Waals surface area contributed by atoms with Crippen molar-refractivity contribution in [1.29, 1.82) is 0 Å². The van der Waals surface area contributed by atoms with Crippen molar-refractivity contribution >= 4 is 60.8 Å². The van der Waals surface area contributed by atoms with Crippen LogP contribution in [0.3, 0.4) is 0 Å². The number of benzene rings is 9. The molecule has 0 radical (unpaired) electrons. The molecule has 2 heterocycles. The standard InChI is InChI=1S/C54H36N2O/c1-4-17-37(18-5-1)39-21-14-25-42(35-39)55(43-26-15-22-40(36-43)38-19-6-2-7-20-38)50-34-33-45(54-53(50)47-28-11-13-32-51(47)57-54)44-29-16-31-49-52(44)46-27-10-12-30-48(46)56(49)41-23-8-3-9-24-41/h1-36H. The van der Waals surface area contributed by atoms with Crippen LogP contribution >= 0.6 is 0 Å². The Kier molecular flexibility index (Phi) is 7.82. The molecule has 11 rings (SSSR count). The van der Waals surface area contributed by atoms with Gasteiger partial charge in [0.05, 0.1) is 22.1 Å². The number of anilines is 3. The van der Waals surface area contributed by atoms with Crippen LogP contribution < -0.4 is 4.90 Å². The van der Waals surface area contributed by atoms with Crippen LogP contribution in [0.1, 0.15) is 0 Å². The van der Waals surface area contributed by atoms with Crippen LogP contribution in [0.15, 0.2) is 223 Å². The minimum Gasteiger partial charge on any atom is -0.455 e. The summed E-state index contributed by atoms with van der Waals surface area (Å²) in [6.07, 6.45) is 0. The normalized spacial score (nSPS) is 11.5. The molecule has 9 aromatic carbocycles. The molecule has 0 aliphatic heterocycles. The van der Waals surface area contributed by atoms with Gasteiger partial charge in [-0.25, -0.2) is 0 Å². The van der Waals surface area contributed by atoms with Gasteiger partial charge in [-0.3, -0.25) is 0 Å². The first kappa shape index (κ1) is 32.8. The molecule has 0 saturated heterocycles. The fraction of sp³-hybridized carbons (Fsp3) is 0. The maximum absolute atomic E-state index is 7.01. The van der Waals surface area contributed by atoms with Gasteiger partial charge in [0.15, 0.2) is 0 Å². The number of aromatic nitrogens is 1. The first-order chi connectivity index (χ1) is 28.3. The summed E-state index contributed by atoms with van der Waals surface area (Å²) in [6, 6.07) is 77.9. The Morgan fingerprint density at radius 2 is 0.912 bits per heavy atom. The monoisotopic (exact) mass is 728 g/mol. The predicted molar refractivity (Wildman–Crippen MR) is 239 cm³/mol. The zero-order valence-corrected chi connectivity index (χ0v) is 31.1. The van der Waals surface area contributed by atoms with E-state index in [1.165, 1.54) is 27.4 Å². The SMILES string of the molecule is c1ccc(-c2cccc(N(c3cccc(-c4ccccc4)c3)c3ccc(-c4cccc5c4c4ccccc4n5-c4ccccc4)c4oc5ccccc5c34)c2)cc1. The van der Waals surface area contributed by atoms with Crippen molar-refractivity contribution < 1.29 is 4.42 Å². The molecule has 0 aliphatic rings. The van der Waals surface area contributed by atoms with Crippen molar-refractivity contribution in [1.82, 2.24) is 4.57 Å². The number of nitrogens with zero attached hydrogens (tertiary/aromatic N) is 2. The molecule has 0 bridgehead atoms. The van der Waals surface area contributed by atoms with E-state index in [1.807, 2.05) is 0 Å². The van der Waals surface area contributed by atoms with Crippen molar-refractivity contribution in [2.24, 2.45) is 0 Å². The van der Waals surface area contributed by atoms with E-state index < -0.39 is 0 Å². The van der Waals surface area contributed by atoms with Gasteiger partial charge in [0.2, 0.25) is 0 Å².